The molecule has 3 aromatic carbocycles. The van der Waals surface area contributed by atoms with Gasteiger partial charge in [0.15, 0.2) is 12.4 Å². The average molecular weight is 565 g/mol. The summed E-state index contributed by atoms with van der Waals surface area (Å²) in [4.78, 5) is 57.9. The molecule has 7 nitrogen and oxygen atoms in total. The Labute approximate surface area is 241 Å². The lowest BCUT2D eigenvalue weighted by atomic mass is 9.85. The summed E-state index contributed by atoms with van der Waals surface area (Å²) in [6, 6.07) is 20.6. The SMILES string of the molecule is Cc1ccc2nc(-c3ccc(N4C(=O)[C@@H]5CC=CC[C@H]5C4=O)cc3)cc(C(=O)OCC(=O)c3ccc(Cl)cc3)c2c1. The number of esters is 1. The van der Waals surface area contributed by atoms with Crippen LogP contribution in [0.25, 0.3) is 22.2 Å². The number of nitrogens with zero attached hydrogens (tertiary/aromatic N) is 2. The number of benzene rings is 3. The topological polar surface area (TPSA) is 93.6 Å². The van der Waals surface area contributed by atoms with Crippen molar-refractivity contribution < 1.29 is 23.9 Å². The fourth-order valence-corrected chi connectivity index (χ4v) is 5.55. The third-order valence-corrected chi connectivity index (χ3v) is 7.87. The standard InChI is InChI=1S/C33H25ClN2O5/c1-19-6-15-28-26(16-19)27(33(40)41-18-30(37)21-7-11-22(34)12-8-21)17-29(35-28)20-9-13-23(14-10-20)36-31(38)24-4-2-3-5-25(24)32(36)39/h2-3,6-17,24-25H,4-5,18H2,1H3/t24-,25-/m1/s1. The molecule has 204 valence electrons. The van der Waals surface area contributed by atoms with E-state index in [4.69, 9.17) is 21.3 Å². The highest BCUT2D eigenvalue weighted by Crippen LogP contribution is 2.38. The monoisotopic (exact) mass is 564 g/mol. The number of amides is 2. The van der Waals surface area contributed by atoms with Gasteiger partial charge in [-0.05, 0) is 74.4 Å². The molecule has 2 atom stereocenters. The van der Waals surface area contributed by atoms with Gasteiger partial charge in [-0.15, -0.1) is 0 Å². The van der Waals surface area contributed by atoms with Crippen LogP contribution in [0.1, 0.15) is 39.1 Å². The maximum absolute atomic E-state index is 13.3. The van der Waals surface area contributed by atoms with E-state index in [2.05, 4.69) is 0 Å². The van der Waals surface area contributed by atoms with E-state index in [9.17, 15) is 19.2 Å². The highest BCUT2D eigenvalue weighted by molar-refractivity contribution is 6.30. The molecule has 1 aromatic heterocycles. The minimum Gasteiger partial charge on any atom is -0.454 e. The number of pyridine rings is 1. The zero-order valence-corrected chi connectivity index (χ0v) is 22.9. The number of carbonyl (C=O) groups is 4. The largest absolute Gasteiger partial charge is 0.454 e. The number of ketones is 1. The summed E-state index contributed by atoms with van der Waals surface area (Å²) in [5.41, 5.74) is 3.93. The van der Waals surface area contributed by atoms with Gasteiger partial charge >= 0.3 is 5.97 Å². The van der Waals surface area contributed by atoms with Gasteiger partial charge in [-0.1, -0.05) is 47.5 Å². The van der Waals surface area contributed by atoms with Crippen LogP contribution in [0.15, 0.2) is 84.9 Å². The van der Waals surface area contributed by atoms with Crippen LogP contribution < -0.4 is 4.90 Å². The lowest BCUT2D eigenvalue weighted by molar-refractivity contribution is -0.122. The van der Waals surface area contributed by atoms with Crippen molar-refractivity contribution in [1.29, 1.82) is 0 Å². The number of carbonyl (C=O) groups excluding carboxylic acids is 4. The zero-order chi connectivity index (χ0) is 28.7. The summed E-state index contributed by atoms with van der Waals surface area (Å²) < 4.78 is 5.43. The summed E-state index contributed by atoms with van der Waals surface area (Å²) in [6.07, 6.45) is 5.08. The number of aryl methyl sites for hydroxylation is 1. The van der Waals surface area contributed by atoms with E-state index >= 15 is 0 Å². The van der Waals surface area contributed by atoms with Crippen molar-refractivity contribution in [1.82, 2.24) is 4.98 Å². The third kappa shape index (κ3) is 5.05. The van der Waals surface area contributed by atoms with Gasteiger partial charge in [0.05, 0.1) is 34.3 Å². The number of anilines is 1. The molecule has 2 aliphatic rings. The molecule has 4 aromatic rings. The molecule has 0 N–H and O–H groups in total. The van der Waals surface area contributed by atoms with Crippen molar-refractivity contribution in [2.75, 3.05) is 11.5 Å². The molecule has 1 fully saturated rings. The Morgan fingerprint density at radius 2 is 1.56 bits per heavy atom. The van der Waals surface area contributed by atoms with E-state index in [0.29, 0.717) is 51.3 Å². The summed E-state index contributed by atoms with van der Waals surface area (Å²) in [5.74, 6) is -1.95. The first-order chi connectivity index (χ1) is 19.8. The quantitative estimate of drug-likeness (QED) is 0.117. The third-order valence-electron chi connectivity index (χ3n) is 7.61. The lowest BCUT2D eigenvalue weighted by Crippen LogP contribution is -2.30. The van der Waals surface area contributed by atoms with Crippen molar-refractivity contribution in [2.24, 2.45) is 11.8 Å². The van der Waals surface area contributed by atoms with Gasteiger partial charge in [-0.2, -0.15) is 0 Å². The predicted molar refractivity (Wildman–Crippen MR) is 156 cm³/mol. The van der Waals surface area contributed by atoms with Gasteiger partial charge in [0.25, 0.3) is 0 Å². The number of rotatable bonds is 6. The van der Waals surface area contributed by atoms with Crippen molar-refractivity contribution in [3.8, 4) is 11.3 Å². The Kier molecular flexibility index (Phi) is 6.97. The number of aromatic nitrogens is 1. The van der Waals surface area contributed by atoms with E-state index in [1.165, 1.54) is 4.90 Å². The second-order valence-electron chi connectivity index (χ2n) is 10.3. The molecular weight excluding hydrogens is 540 g/mol. The molecule has 1 aliphatic heterocycles. The molecule has 0 saturated carbocycles. The Bertz CT molecular complexity index is 1720. The first-order valence-electron chi connectivity index (χ1n) is 13.3. The molecule has 8 heteroatoms. The van der Waals surface area contributed by atoms with Gasteiger partial charge in [0, 0.05) is 21.5 Å². The molecule has 6 rings (SSSR count). The summed E-state index contributed by atoms with van der Waals surface area (Å²) >= 11 is 5.90. The normalized spacial score (nSPS) is 18.0. The molecule has 1 saturated heterocycles. The summed E-state index contributed by atoms with van der Waals surface area (Å²) in [7, 11) is 0. The van der Waals surface area contributed by atoms with Crippen molar-refractivity contribution in [3.63, 3.8) is 0 Å². The van der Waals surface area contributed by atoms with Crippen LogP contribution in [0, 0.1) is 18.8 Å². The number of allylic oxidation sites excluding steroid dienone is 2. The van der Waals surface area contributed by atoms with Crippen molar-refractivity contribution >= 4 is 51.8 Å². The summed E-state index contributed by atoms with van der Waals surface area (Å²) in [5, 5.41) is 1.12. The Hall–Kier alpha value is -4.62. The van der Waals surface area contributed by atoms with E-state index < -0.39 is 12.6 Å². The van der Waals surface area contributed by atoms with Crippen LogP contribution in [0.4, 0.5) is 5.69 Å². The maximum Gasteiger partial charge on any atom is 0.339 e. The van der Waals surface area contributed by atoms with Gasteiger partial charge in [0.2, 0.25) is 11.8 Å². The van der Waals surface area contributed by atoms with Gasteiger partial charge in [-0.25, -0.2) is 9.78 Å². The molecule has 2 heterocycles. The van der Waals surface area contributed by atoms with Gasteiger partial charge in [0.1, 0.15) is 0 Å². The van der Waals surface area contributed by atoms with E-state index in [0.717, 1.165) is 5.56 Å². The van der Waals surface area contributed by atoms with Crippen LogP contribution in [0.2, 0.25) is 5.02 Å². The highest BCUT2D eigenvalue weighted by Gasteiger charge is 2.47. The number of fused-ring (bicyclic) bond motifs is 2. The molecule has 41 heavy (non-hydrogen) atoms. The fourth-order valence-electron chi connectivity index (χ4n) is 5.42. The summed E-state index contributed by atoms with van der Waals surface area (Å²) in [6.45, 7) is 1.49. The number of hydrogen-bond acceptors (Lipinski definition) is 6. The molecule has 1 aliphatic carbocycles. The van der Waals surface area contributed by atoms with Gasteiger partial charge in [-0.3, -0.25) is 19.3 Å². The molecule has 2 amide bonds. The molecule has 0 radical (unpaired) electrons. The molecular formula is C33H25ClN2O5. The minimum absolute atomic E-state index is 0.172. The number of imide groups is 1. The van der Waals surface area contributed by atoms with Crippen LogP contribution in [-0.2, 0) is 14.3 Å². The number of Topliss-reactive ketones (excluding diaryl/α,β-unsaturated/α-hetero) is 1. The second-order valence-corrected chi connectivity index (χ2v) is 10.7. The molecule has 0 spiro atoms. The van der Waals surface area contributed by atoms with E-state index in [-0.39, 0.29) is 35.0 Å². The fraction of sp³-hybridized carbons (Fsp3) is 0.182. The Balaban J connectivity index is 1.28. The molecule has 0 unspecified atom stereocenters. The predicted octanol–water partition coefficient (Wildman–Crippen LogP) is 6.36. The van der Waals surface area contributed by atoms with Crippen LogP contribution in [0.3, 0.4) is 0 Å². The number of hydrogen-bond donors (Lipinski definition) is 0. The minimum atomic E-state index is -0.646. The first kappa shape index (κ1) is 26.6. The Morgan fingerprint density at radius 1 is 0.902 bits per heavy atom. The van der Waals surface area contributed by atoms with Crippen molar-refractivity contribution in [2.45, 2.75) is 19.8 Å². The van der Waals surface area contributed by atoms with E-state index in [1.807, 2.05) is 37.3 Å². The van der Waals surface area contributed by atoms with Crippen LogP contribution >= 0.6 is 11.6 Å². The Morgan fingerprint density at radius 3 is 2.22 bits per heavy atom. The van der Waals surface area contributed by atoms with E-state index in [1.54, 1.807) is 54.6 Å². The second kappa shape index (κ2) is 10.7. The maximum atomic E-state index is 13.3. The zero-order valence-electron chi connectivity index (χ0n) is 22.2. The first-order valence-corrected chi connectivity index (χ1v) is 13.7. The number of ether oxygens (including phenoxy) is 1. The number of halogens is 1. The van der Waals surface area contributed by atoms with Crippen LogP contribution in [0.5, 0.6) is 0 Å². The smallest absolute Gasteiger partial charge is 0.339 e. The van der Waals surface area contributed by atoms with Crippen LogP contribution in [-0.4, -0.2) is 35.2 Å². The highest BCUT2D eigenvalue weighted by atomic mass is 35.5. The average Bonchev–Trinajstić information content (AvgIpc) is 3.25. The van der Waals surface area contributed by atoms with Crippen molar-refractivity contribution in [3.05, 3.63) is 107 Å². The molecule has 0 bridgehead atoms. The lowest BCUT2D eigenvalue weighted by Gasteiger charge is -2.15. The van der Waals surface area contributed by atoms with Gasteiger partial charge < -0.3 is 4.74 Å².